The summed E-state index contributed by atoms with van der Waals surface area (Å²) in [5.41, 5.74) is -1.06. The first-order chi connectivity index (χ1) is 8.38. The molecule has 2 rings (SSSR count). The molecule has 0 saturated heterocycles. The van der Waals surface area contributed by atoms with Gasteiger partial charge in [-0.15, -0.1) is 0 Å². The monoisotopic (exact) mass is 274 g/mol. The molecule has 0 aliphatic carbocycles. The molecule has 1 aromatic heterocycles. The number of phenolic OH excluding ortho intramolecular Hbond substituents is 1. The minimum absolute atomic E-state index is 0.0884. The maximum absolute atomic E-state index is 12.6. The largest absolute Gasteiger partial charge is 0.507 e. The first-order valence-electron chi connectivity index (χ1n) is 4.78. The summed E-state index contributed by atoms with van der Waals surface area (Å²) in [5, 5.41) is 9.21. The normalized spacial score (nSPS) is 11.6. The summed E-state index contributed by atoms with van der Waals surface area (Å²) in [6.07, 6.45) is -4.62. The Kier molecular flexibility index (Phi) is 3.13. The van der Waals surface area contributed by atoms with Gasteiger partial charge in [-0.3, -0.25) is 0 Å². The lowest BCUT2D eigenvalue weighted by Gasteiger charge is -2.08. The number of aromatic hydroxyl groups is 1. The van der Waals surface area contributed by atoms with Crippen LogP contribution in [0.2, 0.25) is 5.15 Å². The molecule has 1 aromatic carbocycles. The van der Waals surface area contributed by atoms with Crippen LogP contribution in [0, 0.1) is 0 Å². The highest BCUT2D eigenvalue weighted by molar-refractivity contribution is 6.29. The van der Waals surface area contributed by atoms with Crippen LogP contribution in [0.25, 0.3) is 11.4 Å². The second kappa shape index (κ2) is 4.45. The van der Waals surface area contributed by atoms with Gasteiger partial charge in [0.15, 0.2) is 5.82 Å². The average Bonchev–Trinajstić information content (AvgIpc) is 2.27. The Morgan fingerprint density at radius 3 is 2.39 bits per heavy atom. The lowest BCUT2D eigenvalue weighted by molar-refractivity contribution is -0.141. The fraction of sp³-hybridized carbons (Fsp3) is 0.0909. The second-order valence-electron chi connectivity index (χ2n) is 3.41. The van der Waals surface area contributed by atoms with Gasteiger partial charge in [0.25, 0.3) is 0 Å². The predicted octanol–water partition coefficient (Wildman–Crippen LogP) is 3.52. The Morgan fingerprint density at radius 2 is 1.78 bits per heavy atom. The van der Waals surface area contributed by atoms with Gasteiger partial charge in [-0.25, -0.2) is 9.97 Å². The molecule has 0 spiro atoms. The van der Waals surface area contributed by atoms with Gasteiger partial charge >= 0.3 is 6.18 Å². The van der Waals surface area contributed by atoms with Crippen LogP contribution in [0.3, 0.4) is 0 Å². The van der Waals surface area contributed by atoms with E-state index in [1.54, 1.807) is 6.07 Å². The van der Waals surface area contributed by atoms with Crippen molar-refractivity contribution in [3.05, 3.63) is 41.2 Å². The third kappa shape index (κ3) is 2.53. The molecule has 3 nitrogen and oxygen atoms in total. The molecule has 0 aliphatic rings. The molecular weight excluding hydrogens is 269 g/mol. The Bertz CT molecular complexity index is 587. The molecule has 18 heavy (non-hydrogen) atoms. The molecular formula is C11H6ClF3N2O. The molecule has 0 radical (unpaired) electrons. The van der Waals surface area contributed by atoms with Crippen molar-refractivity contribution in [1.82, 2.24) is 9.97 Å². The zero-order chi connectivity index (χ0) is 13.3. The predicted molar refractivity (Wildman–Crippen MR) is 59.1 cm³/mol. The van der Waals surface area contributed by atoms with Gasteiger partial charge in [-0.2, -0.15) is 13.2 Å². The summed E-state index contributed by atoms with van der Waals surface area (Å²) < 4.78 is 37.7. The van der Waals surface area contributed by atoms with E-state index in [1.807, 2.05) is 0 Å². The molecule has 1 heterocycles. The average molecular weight is 275 g/mol. The molecule has 0 atom stereocenters. The topological polar surface area (TPSA) is 46.0 Å². The summed E-state index contributed by atoms with van der Waals surface area (Å²) in [5.74, 6) is -0.485. The molecule has 0 amide bonds. The SMILES string of the molecule is Oc1ccccc1-c1nc(Cl)cc(C(F)(F)F)n1. The number of hydrogen-bond acceptors (Lipinski definition) is 3. The first-order valence-corrected chi connectivity index (χ1v) is 5.16. The van der Waals surface area contributed by atoms with Crippen LogP contribution in [0.15, 0.2) is 30.3 Å². The number of nitrogens with zero attached hydrogens (tertiary/aromatic N) is 2. The molecule has 1 N–H and O–H groups in total. The number of benzene rings is 1. The minimum atomic E-state index is -4.62. The van der Waals surface area contributed by atoms with Gasteiger partial charge in [0, 0.05) is 6.07 Å². The third-order valence-electron chi connectivity index (χ3n) is 2.13. The maximum atomic E-state index is 12.6. The van der Waals surface area contributed by atoms with E-state index in [4.69, 9.17) is 11.6 Å². The quantitative estimate of drug-likeness (QED) is 0.809. The van der Waals surface area contributed by atoms with Crippen LogP contribution in [0.4, 0.5) is 13.2 Å². The molecule has 0 fully saturated rings. The van der Waals surface area contributed by atoms with Crippen molar-refractivity contribution in [3.8, 4) is 17.1 Å². The van der Waals surface area contributed by atoms with Gasteiger partial charge in [0.2, 0.25) is 0 Å². The van der Waals surface area contributed by atoms with E-state index in [1.165, 1.54) is 18.2 Å². The highest BCUT2D eigenvalue weighted by Crippen LogP contribution is 2.32. The molecule has 2 aromatic rings. The molecule has 7 heteroatoms. The van der Waals surface area contributed by atoms with Gasteiger partial charge in [-0.1, -0.05) is 23.7 Å². The zero-order valence-electron chi connectivity index (χ0n) is 8.74. The molecule has 0 bridgehead atoms. The van der Waals surface area contributed by atoms with E-state index in [2.05, 4.69) is 9.97 Å². The fourth-order valence-corrected chi connectivity index (χ4v) is 1.53. The Hall–Kier alpha value is -1.82. The van der Waals surface area contributed by atoms with Gasteiger partial charge < -0.3 is 5.11 Å². The number of rotatable bonds is 1. The summed E-state index contributed by atoms with van der Waals surface area (Å²) in [7, 11) is 0. The Morgan fingerprint density at radius 1 is 1.11 bits per heavy atom. The highest BCUT2D eigenvalue weighted by Gasteiger charge is 2.33. The van der Waals surface area contributed by atoms with E-state index in [0.29, 0.717) is 6.07 Å². The summed E-state index contributed by atoms with van der Waals surface area (Å²) in [4.78, 5) is 7.03. The standard InChI is InChI=1S/C11H6ClF3N2O/c12-9-5-8(11(13,14)15)16-10(17-9)6-3-1-2-4-7(6)18/h1-5,18H. The Balaban J connectivity index is 2.60. The molecule has 94 valence electrons. The molecule has 0 aliphatic heterocycles. The van der Waals surface area contributed by atoms with Gasteiger partial charge in [0.1, 0.15) is 16.6 Å². The highest BCUT2D eigenvalue weighted by atomic mass is 35.5. The number of phenols is 1. The Labute approximate surface area is 105 Å². The summed E-state index contributed by atoms with van der Waals surface area (Å²) in [6.45, 7) is 0. The van der Waals surface area contributed by atoms with Crippen molar-refractivity contribution in [1.29, 1.82) is 0 Å². The number of para-hydroxylation sites is 1. The van der Waals surface area contributed by atoms with Crippen LogP contribution in [-0.4, -0.2) is 15.1 Å². The van der Waals surface area contributed by atoms with Crippen molar-refractivity contribution >= 4 is 11.6 Å². The summed E-state index contributed by atoms with van der Waals surface area (Å²) in [6, 6.07) is 6.44. The van der Waals surface area contributed by atoms with Crippen molar-refractivity contribution < 1.29 is 18.3 Å². The first kappa shape index (κ1) is 12.6. The van der Waals surface area contributed by atoms with Crippen molar-refractivity contribution in [2.75, 3.05) is 0 Å². The second-order valence-corrected chi connectivity index (χ2v) is 3.80. The van der Waals surface area contributed by atoms with Gasteiger partial charge in [-0.05, 0) is 12.1 Å². The third-order valence-corrected chi connectivity index (χ3v) is 2.32. The van der Waals surface area contributed by atoms with E-state index in [-0.39, 0.29) is 22.3 Å². The number of aromatic nitrogens is 2. The van der Waals surface area contributed by atoms with E-state index in [9.17, 15) is 18.3 Å². The molecule has 0 unspecified atom stereocenters. The van der Waals surface area contributed by atoms with Crippen LogP contribution >= 0.6 is 11.6 Å². The van der Waals surface area contributed by atoms with Crippen molar-refractivity contribution in [2.24, 2.45) is 0 Å². The van der Waals surface area contributed by atoms with E-state index in [0.717, 1.165) is 0 Å². The zero-order valence-corrected chi connectivity index (χ0v) is 9.50. The van der Waals surface area contributed by atoms with Gasteiger partial charge in [0.05, 0.1) is 5.56 Å². The molecule has 0 saturated carbocycles. The lowest BCUT2D eigenvalue weighted by atomic mass is 10.2. The maximum Gasteiger partial charge on any atom is 0.433 e. The fourth-order valence-electron chi connectivity index (χ4n) is 1.35. The number of halogens is 4. The number of alkyl halides is 3. The van der Waals surface area contributed by atoms with Crippen molar-refractivity contribution in [2.45, 2.75) is 6.18 Å². The van der Waals surface area contributed by atoms with Crippen LogP contribution in [0.1, 0.15) is 5.69 Å². The van der Waals surface area contributed by atoms with Crippen LogP contribution in [0.5, 0.6) is 5.75 Å². The van der Waals surface area contributed by atoms with E-state index < -0.39 is 11.9 Å². The minimum Gasteiger partial charge on any atom is -0.507 e. The van der Waals surface area contributed by atoms with E-state index >= 15 is 0 Å². The van der Waals surface area contributed by atoms with Crippen molar-refractivity contribution in [3.63, 3.8) is 0 Å². The van der Waals surface area contributed by atoms with Crippen LogP contribution < -0.4 is 0 Å². The number of hydrogen-bond donors (Lipinski definition) is 1. The lowest BCUT2D eigenvalue weighted by Crippen LogP contribution is -2.09. The smallest absolute Gasteiger partial charge is 0.433 e. The summed E-state index contributed by atoms with van der Waals surface area (Å²) >= 11 is 5.53. The van der Waals surface area contributed by atoms with Crippen LogP contribution in [-0.2, 0) is 6.18 Å².